The Labute approximate surface area is 148 Å². The van der Waals surface area contributed by atoms with Crippen LogP contribution in [0.5, 0.6) is 17.2 Å². The quantitative estimate of drug-likeness (QED) is 0.685. The van der Waals surface area contributed by atoms with Crippen LogP contribution in [-0.2, 0) is 16.0 Å². The van der Waals surface area contributed by atoms with E-state index in [1.807, 2.05) is 30.3 Å². The van der Waals surface area contributed by atoms with E-state index in [9.17, 15) is 4.79 Å². The normalized spacial score (nSPS) is 11.5. The molecule has 25 heavy (non-hydrogen) atoms. The van der Waals surface area contributed by atoms with E-state index in [2.05, 4.69) is 0 Å². The zero-order valence-electron chi connectivity index (χ0n) is 15.1. The first-order chi connectivity index (χ1) is 12.1. The first-order valence-corrected chi connectivity index (χ1v) is 8.11. The fourth-order valence-electron chi connectivity index (χ4n) is 2.56. The summed E-state index contributed by atoms with van der Waals surface area (Å²) in [5, 5.41) is 0. The largest absolute Gasteiger partial charge is 0.496 e. The molecular formula is C20H24O5. The van der Waals surface area contributed by atoms with E-state index >= 15 is 0 Å². The Kier molecular flexibility index (Phi) is 6.69. The molecule has 2 aromatic rings. The van der Waals surface area contributed by atoms with Gasteiger partial charge in [0.25, 0.3) is 0 Å². The number of benzene rings is 2. The van der Waals surface area contributed by atoms with E-state index in [4.69, 9.17) is 18.9 Å². The maximum atomic E-state index is 12.4. The van der Waals surface area contributed by atoms with Gasteiger partial charge in [0, 0.05) is 18.1 Å². The van der Waals surface area contributed by atoms with Crippen molar-refractivity contribution in [1.29, 1.82) is 0 Å². The molecule has 0 aliphatic carbocycles. The summed E-state index contributed by atoms with van der Waals surface area (Å²) in [7, 11) is 4.66. The molecule has 0 aliphatic rings. The molecule has 1 unspecified atom stereocenters. The number of carbonyl (C=O) groups is 1. The third kappa shape index (κ3) is 4.66. The molecule has 0 fully saturated rings. The van der Waals surface area contributed by atoms with E-state index in [1.54, 1.807) is 40.4 Å². The van der Waals surface area contributed by atoms with Crippen LogP contribution in [0.4, 0.5) is 0 Å². The zero-order chi connectivity index (χ0) is 18.2. The van der Waals surface area contributed by atoms with Gasteiger partial charge >= 0.3 is 5.97 Å². The molecule has 0 radical (unpaired) electrons. The summed E-state index contributed by atoms with van der Waals surface area (Å²) >= 11 is 0. The number of ether oxygens (including phenoxy) is 4. The minimum absolute atomic E-state index is 0.304. The number of hydrogen-bond acceptors (Lipinski definition) is 5. The summed E-state index contributed by atoms with van der Waals surface area (Å²) in [6.45, 7) is 2.12. The first-order valence-electron chi connectivity index (χ1n) is 8.11. The molecular weight excluding hydrogens is 320 g/mol. The third-order valence-electron chi connectivity index (χ3n) is 4.03. The van der Waals surface area contributed by atoms with Crippen molar-refractivity contribution in [2.24, 2.45) is 0 Å². The third-order valence-corrected chi connectivity index (χ3v) is 4.03. The molecule has 2 aromatic carbocycles. The van der Waals surface area contributed by atoms with Gasteiger partial charge in [0.1, 0.15) is 5.75 Å². The van der Waals surface area contributed by atoms with Gasteiger partial charge in [-0.1, -0.05) is 30.3 Å². The molecule has 0 aliphatic heterocycles. The van der Waals surface area contributed by atoms with Crippen molar-refractivity contribution in [3.8, 4) is 17.2 Å². The van der Waals surface area contributed by atoms with Gasteiger partial charge in [0.15, 0.2) is 11.5 Å². The van der Waals surface area contributed by atoms with Crippen LogP contribution in [-0.4, -0.2) is 33.9 Å². The number of methoxy groups -OCH3 is 3. The minimum atomic E-state index is -0.481. The maximum absolute atomic E-state index is 12.4. The molecule has 0 spiro atoms. The van der Waals surface area contributed by atoms with Gasteiger partial charge in [-0.15, -0.1) is 0 Å². The van der Waals surface area contributed by atoms with Gasteiger partial charge in [-0.2, -0.15) is 0 Å². The lowest BCUT2D eigenvalue weighted by Crippen LogP contribution is -2.16. The summed E-state index contributed by atoms with van der Waals surface area (Å²) in [5.41, 5.74) is 1.83. The molecule has 0 amide bonds. The lowest BCUT2D eigenvalue weighted by atomic mass is 9.99. The van der Waals surface area contributed by atoms with Crippen molar-refractivity contribution >= 4 is 5.97 Å². The smallest absolute Gasteiger partial charge is 0.313 e. The van der Waals surface area contributed by atoms with Gasteiger partial charge in [0.05, 0.1) is 33.9 Å². The van der Waals surface area contributed by atoms with E-state index in [0.717, 1.165) is 5.56 Å². The second kappa shape index (κ2) is 8.97. The van der Waals surface area contributed by atoms with Gasteiger partial charge in [-0.05, 0) is 18.6 Å². The Morgan fingerprint density at radius 1 is 0.920 bits per heavy atom. The number of hydrogen-bond donors (Lipinski definition) is 0. The zero-order valence-corrected chi connectivity index (χ0v) is 15.1. The summed E-state index contributed by atoms with van der Waals surface area (Å²) in [4.78, 5) is 12.4. The van der Waals surface area contributed by atoms with Crippen LogP contribution < -0.4 is 14.2 Å². The van der Waals surface area contributed by atoms with Gasteiger partial charge in [0.2, 0.25) is 0 Å². The van der Waals surface area contributed by atoms with Crippen LogP contribution in [0.15, 0.2) is 42.5 Å². The van der Waals surface area contributed by atoms with Crippen LogP contribution in [0.1, 0.15) is 24.0 Å². The van der Waals surface area contributed by atoms with Crippen molar-refractivity contribution < 1.29 is 23.7 Å². The molecule has 0 heterocycles. The predicted octanol–water partition coefficient (Wildman–Crippen LogP) is 3.60. The highest BCUT2D eigenvalue weighted by Crippen LogP contribution is 2.38. The minimum Gasteiger partial charge on any atom is -0.496 e. The van der Waals surface area contributed by atoms with E-state index in [0.29, 0.717) is 35.8 Å². The van der Waals surface area contributed by atoms with Crippen molar-refractivity contribution in [3.05, 3.63) is 53.6 Å². The molecule has 134 valence electrons. The second-order valence-corrected chi connectivity index (χ2v) is 5.57. The van der Waals surface area contributed by atoms with E-state index in [-0.39, 0.29) is 5.97 Å². The summed E-state index contributed by atoms with van der Waals surface area (Å²) in [6.07, 6.45) is 0.683. The van der Waals surface area contributed by atoms with Crippen molar-refractivity contribution in [2.75, 3.05) is 27.9 Å². The van der Waals surface area contributed by atoms with Crippen molar-refractivity contribution in [1.82, 2.24) is 0 Å². The molecule has 5 heteroatoms. The van der Waals surface area contributed by atoms with Crippen LogP contribution in [0.2, 0.25) is 0 Å². The Morgan fingerprint density at radius 2 is 1.52 bits per heavy atom. The van der Waals surface area contributed by atoms with E-state index < -0.39 is 5.92 Å². The summed E-state index contributed by atoms with van der Waals surface area (Å²) in [5.74, 6) is 0.868. The highest BCUT2D eigenvalue weighted by atomic mass is 16.5. The molecule has 0 N–H and O–H groups in total. The van der Waals surface area contributed by atoms with Crippen LogP contribution in [0.3, 0.4) is 0 Å². The average Bonchev–Trinajstić information content (AvgIpc) is 2.66. The number of carbonyl (C=O) groups excluding carboxylic acids is 1. The maximum Gasteiger partial charge on any atom is 0.313 e. The molecule has 1 atom stereocenters. The van der Waals surface area contributed by atoms with Gasteiger partial charge in [-0.3, -0.25) is 4.79 Å². The Hall–Kier alpha value is -2.69. The molecule has 2 rings (SSSR count). The predicted molar refractivity (Wildman–Crippen MR) is 95.6 cm³/mol. The summed E-state index contributed by atoms with van der Waals surface area (Å²) in [6, 6.07) is 13.4. The second-order valence-electron chi connectivity index (χ2n) is 5.57. The highest BCUT2D eigenvalue weighted by Gasteiger charge is 2.23. The van der Waals surface area contributed by atoms with Gasteiger partial charge < -0.3 is 18.9 Å². The van der Waals surface area contributed by atoms with Crippen molar-refractivity contribution in [3.63, 3.8) is 0 Å². The molecule has 0 saturated carbocycles. The molecule has 5 nitrogen and oxygen atoms in total. The first kappa shape index (κ1) is 18.6. The number of esters is 1. The van der Waals surface area contributed by atoms with E-state index in [1.165, 1.54) is 0 Å². The fourth-order valence-corrected chi connectivity index (χ4v) is 2.56. The number of rotatable bonds is 8. The van der Waals surface area contributed by atoms with Crippen LogP contribution in [0, 0.1) is 0 Å². The summed E-state index contributed by atoms with van der Waals surface area (Å²) < 4.78 is 21.4. The Morgan fingerprint density at radius 3 is 2.12 bits per heavy atom. The standard InChI is InChI=1S/C20H24O5/c1-14(20(21)25-11-10-15-8-6-5-7-9-15)16-12-18(23-3)19(24-4)13-17(16)22-2/h5-9,12-14H,10-11H2,1-4H3. The van der Waals surface area contributed by atoms with Crippen molar-refractivity contribution in [2.45, 2.75) is 19.3 Å². The molecule has 0 aromatic heterocycles. The molecule has 0 bridgehead atoms. The highest BCUT2D eigenvalue weighted by molar-refractivity contribution is 5.79. The van der Waals surface area contributed by atoms with Gasteiger partial charge in [-0.25, -0.2) is 0 Å². The lowest BCUT2D eigenvalue weighted by molar-refractivity contribution is -0.145. The van der Waals surface area contributed by atoms with Crippen LogP contribution in [0.25, 0.3) is 0 Å². The topological polar surface area (TPSA) is 54.0 Å². The monoisotopic (exact) mass is 344 g/mol. The average molecular weight is 344 g/mol. The fraction of sp³-hybridized carbons (Fsp3) is 0.350. The molecule has 0 saturated heterocycles. The Balaban J connectivity index is 2.07. The Bertz CT molecular complexity index is 697. The van der Waals surface area contributed by atoms with Crippen LogP contribution >= 0.6 is 0 Å². The SMILES string of the molecule is COc1cc(OC)c(C(C)C(=O)OCCc2ccccc2)cc1OC. The lowest BCUT2D eigenvalue weighted by Gasteiger charge is -2.18.